The summed E-state index contributed by atoms with van der Waals surface area (Å²) >= 11 is 3.22. The van der Waals surface area contributed by atoms with Crippen LogP contribution in [0.5, 0.6) is 0 Å². The Morgan fingerprint density at radius 1 is 1.42 bits per heavy atom. The first-order valence-electron chi connectivity index (χ1n) is 3.59. The van der Waals surface area contributed by atoms with Crippen LogP contribution < -0.4 is 0 Å². The number of hydrogen-bond donors (Lipinski definition) is 0. The van der Waals surface area contributed by atoms with E-state index in [9.17, 15) is 9.18 Å². The van der Waals surface area contributed by atoms with E-state index >= 15 is 0 Å². The van der Waals surface area contributed by atoms with E-state index in [1.54, 1.807) is 18.2 Å². The summed E-state index contributed by atoms with van der Waals surface area (Å²) in [7, 11) is 0. The number of carbonyl (C=O) groups excluding carboxylic acids is 1. The Labute approximate surface area is 78.7 Å². The van der Waals surface area contributed by atoms with Gasteiger partial charge in [0.25, 0.3) is 0 Å². The topological polar surface area (TPSA) is 17.1 Å². The van der Waals surface area contributed by atoms with Crippen molar-refractivity contribution in [3.8, 4) is 0 Å². The molecule has 0 spiro atoms. The van der Waals surface area contributed by atoms with E-state index in [1.165, 1.54) is 0 Å². The Bertz CT molecular complexity index is 286. The Morgan fingerprint density at radius 3 is 2.67 bits per heavy atom. The zero-order chi connectivity index (χ0) is 8.97. The Kier molecular flexibility index (Phi) is 3.41. The van der Waals surface area contributed by atoms with Crippen molar-refractivity contribution in [3.63, 3.8) is 0 Å². The fourth-order valence-corrected chi connectivity index (χ4v) is 1.41. The second-order valence-corrected chi connectivity index (χ2v) is 3.20. The molecule has 0 amide bonds. The summed E-state index contributed by atoms with van der Waals surface area (Å²) in [5, 5.41) is 0. The average Bonchev–Trinajstić information content (AvgIpc) is 2.05. The van der Waals surface area contributed by atoms with Crippen molar-refractivity contribution in [3.05, 3.63) is 34.3 Å². The van der Waals surface area contributed by atoms with Gasteiger partial charge in [0.15, 0.2) is 5.78 Å². The molecule has 0 bridgehead atoms. The molecule has 1 rings (SSSR count). The summed E-state index contributed by atoms with van der Waals surface area (Å²) < 4.78 is 12.6. The molecule has 0 radical (unpaired) electrons. The summed E-state index contributed by atoms with van der Waals surface area (Å²) in [6.07, 6.45) is -0.0391. The normalized spacial score (nSPS) is 9.83. The molecule has 0 atom stereocenters. The van der Waals surface area contributed by atoms with Gasteiger partial charge in [0.1, 0.15) is 0 Å². The van der Waals surface area contributed by atoms with Crippen LogP contribution >= 0.6 is 15.9 Å². The van der Waals surface area contributed by atoms with E-state index < -0.39 is 6.67 Å². The highest BCUT2D eigenvalue weighted by Gasteiger charge is 2.07. The second kappa shape index (κ2) is 4.36. The number of halogens is 2. The van der Waals surface area contributed by atoms with E-state index in [0.29, 0.717) is 5.56 Å². The molecule has 3 heteroatoms. The van der Waals surface area contributed by atoms with Crippen LogP contribution in [0.3, 0.4) is 0 Å². The van der Waals surface area contributed by atoms with E-state index in [-0.39, 0.29) is 12.2 Å². The highest BCUT2D eigenvalue weighted by Crippen LogP contribution is 2.17. The van der Waals surface area contributed by atoms with Crippen molar-refractivity contribution >= 4 is 21.7 Å². The molecule has 0 heterocycles. The summed E-state index contributed by atoms with van der Waals surface area (Å²) in [4.78, 5) is 11.2. The maximum atomic E-state index is 11.8. The van der Waals surface area contributed by atoms with Crippen molar-refractivity contribution in [2.75, 3.05) is 6.67 Å². The zero-order valence-corrected chi connectivity index (χ0v) is 7.97. The zero-order valence-electron chi connectivity index (χ0n) is 6.39. The average molecular weight is 231 g/mol. The van der Waals surface area contributed by atoms with E-state index in [0.717, 1.165) is 4.47 Å². The molecule has 0 N–H and O–H groups in total. The minimum Gasteiger partial charge on any atom is -0.294 e. The SMILES string of the molecule is O=C(CCF)c1ccccc1Br. The Hall–Kier alpha value is -0.700. The van der Waals surface area contributed by atoms with Gasteiger partial charge in [-0.1, -0.05) is 34.1 Å². The van der Waals surface area contributed by atoms with E-state index in [4.69, 9.17) is 0 Å². The molecule has 12 heavy (non-hydrogen) atoms. The van der Waals surface area contributed by atoms with E-state index in [1.807, 2.05) is 6.07 Å². The summed E-state index contributed by atoms with van der Waals surface area (Å²) in [5.41, 5.74) is 0.551. The van der Waals surface area contributed by atoms with Gasteiger partial charge in [0, 0.05) is 16.5 Å². The van der Waals surface area contributed by atoms with Gasteiger partial charge in [-0.3, -0.25) is 9.18 Å². The minimum absolute atomic E-state index is 0.0391. The fraction of sp³-hybridized carbons (Fsp3) is 0.222. The van der Waals surface area contributed by atoms with Crippen LogP contribution in [0.4, 0.5) is 4.39 Å². The molecule has 1 aromatic carbocycles. The van der Waals surface area contributed by atoms with Gasteiger partial charge >= 0.3 is 0 Å². The van der Waals surface area contributed by atoms with Crippen molar-refractivity contribution in [1.82, 2.24) is 0 Å². The van der Waals surface area contributed by atoms with Crippen LogP contribution in [-0.2, 0) is 0 Å². The van der Waals surface area contributed by atoms with Crippen LogP contribution in [-0.4, -0.2) is 12.5 Å². The van der Waals surface area contributed by atoms with Gasteiger partial charge in [-0.15, -0.1) is 0 Å². The van der Waals surface area contributed by atoms with Crippen LogP contribution in [0, 0.1) is 0 Å². The molecule has 0 aromatic heterocycles. The largest absolute Gasteiger partial charge is 0.294 e. The first-order valence-corrected chi connectivity index (χ1v) is 4.38. The number of benzene rings is 1. The highest BCUT2D eigenvalue weighted by atomic mass is 79.9. The van der Waals surface area contributed by atoms with Crippen LogP contribution in [0.1, 0.15) is 16.8 Å². The van der Waals surface area contributed by atoms with Crippen LogP contribution in [0.25, 0.3) is 0 Å². The predicted octanol–water partition coefficient (Wildman–Crippen LogP) is 2.99. The van der Waals surface area contributed by atoms with Gasteiger partial charge < -0.3 is 0 Å². The lowest BCUT2D eigenvalue weighted by atomic mass is 10.1. The van der Waals surface area contributed by atoms with Gasteiger partial charge in [-0.05, 0) is 6.07 Å². The molecule has 64 valence electrons. The number of hydrogen-bond acceptors (Lipinski definition) is 1. The second-order valence-electron chi connectivity index (χ2n) is 2.34. The molecule has 0 aliphatic carbocycles. The van der Waals surface area contributed by atoms with Crippen molar-refractivity contribution in [2.24, 2.45) is 0 Å². The molecule has 0 unspecified atom stereocenters. The molecule has 0 saturated heterocycles. The third-order valence-corrected chi connectivity index (χ3v) is 2.19. The Balaban J connectivity index is 2.87. The molecule has 0 aliphatic rings. The summed E-state index contributed by atoms with van der Waals surface area (Å²) in [6.45, 7) is -0.597. The number of rotatable bonds is 3. The molecule has 0 saturated carbocycles. The third-order valence-electron chi connectivity index (χ3n) is 1.50. The van der Waals surface area contributed by atoms with Crippen LogP contribution in [0.15, 0.2) is 28.7 Å². The molecule has 1 aromatic rings. The number of ketones is 1. The van der Waals surface area contributed by atoms with Crippen molar-refractivity contribution < 1.29 is 9.18 Å². The summed E-state index contributed by atoms with van der Waals surface area (Å²) in [6, 6.07) is 7.03. The van der Waals surface area contributed by atoms with Gasteiger partial charge in [0.2, 0.25) is 0 Å². The molecule has 1 nitrogen and oxygen atoms in total. The van der Waals surface area contributed by atoms with Gasteiger partial charge in [-0.2, -0.15) is 0 Å². The maximum Gasteiger partial charge on any atom is 0.166 e. The molecular weight excluding hydrogens is 223 g/mol. The number of carbonyl (C=O) groups is 1. The first-order chi connectivity index (χ1) is 5.75. The standard InChI is InChI=1S/C9H8BrFO/c10-8-4-2-1-3-7(8)9(12)5-6-11/h1-4H,5-6H2. The minimum atomic E-state index is -0.597. The first kappa shape index (κ1) is 9.39. The fourth-order valence-electron chi connectivity index (χ4n) is 0.908. The monoisotopic (exact) mass is 230 g/mol. The third kappa shape index (κ3) is 2.14. The Morgan fingerprint density at radius 2 is 2.08 bits per heavy atom. The molecular formula is C9H8BrFO. The molecule has 0 fully saturated rings. The van der Waals surface area contributed by atoms with Crippen molar-refractivity contribution in [2.45, 2.75) is 6.42 Å². The highest BCUT2D eigenvalue weighted by molar-refractivity contribution is 9.10. The number of alkyl halides is 1. The maximum absolute atomic E-state index is 11.8. The number of Topliss-reactive ketones (excluding diaryl/α,β-unsaturated/α-hetero) is 1. The summed E-state index contributed by atoms with van der Waals surface area (Å²) in [5.74, 6) is -0.162. The lowest BCUT2D eigenvalue weighted by Gasteiger charge is -1.99. The van der Waals surface area contributed by atoms with Crippen molar-refractivity contribution in [1.29, 1.82) is 0 Å². The smallest absolute Gasteiger partial charge is 0.166 e. The lowest BCUT2D eigenvalue weighted by molar-refractivity contribution is 0.0973. The quantitative estimate of drug-likeness (QED) is 0.731. The van der Waals surface area contributed by atoms with Gasteiger partial charge in [-0.25, -0.2) is 0 Å². The predicted molar refractivity (Wildman–Crippen MR) is 49.1 cm³/mol. The lowest BCUT2D eigenvalue weighted by Crippen LogP contribution is -2.00. The van der Waals surface area contributed by atoms with Crippen LogP contribution in [0.2, 0.25) is 0 Å². The van der Waals surface area contributed by atoms with Gasteiger partial charge in [0.05, 0.1) is 6.67 Å². The molecule has 0 aliphatic heterocycles. The van der Waals surface area contributed by atoms with E-state index in [2.05, 4.69) is 15.9 Å².